The van der Waals surface area contributed by atoms with E-state index in [1.54, 1.807) is 23.9 Å². The molecule has 0 atom stereocenters. The molecule has 8 nitrogen and oxygen atoms in total. The van der Waals surface area contributed by atoms with Crippen molar-refractivity contribution in [3.63, 3.8) is 0 Å². The van der Waals surface area contributed by atoms with Crippen molar-refractivity contribution in [1.29, 1.82) is 0 Å². The number of nitro benzene ring substituents is 1. The fraction of sp³-hybridized carbons (Fsp3) is 0.529. The Labute approximate surface area is 181 Å². The highest BCUT2D eigenvalue weighted by atomic mass is 127. The van der Waals surface area contributed by atoms with Gasteiger partial charge < -0.3 is 16.0 Å². The van der Waals surface area contributed by atoms with Crippen LogP contribution >= 0.6 is 35.7 Å². The predicted molar refractivity (Wildman–Crippen MR) is 122 cm³/mol. The van der Waals surface area contributed by atoms with Crippen molar-refractivity contribution in [2.75, 3.05) is 25.1 Å². The van der Waals surface area contributed by atoms with Gasteiger partial charge in [0.2, 0.25) is 5.91 Å². The zero-order valence-corrected chi connectivity index (χ0v) is 19.2. The van der Waals surface area contributed by atoms with Gasteiger partial charge in [-0.05, 0) is 32.6 Å². The van der Waals surface area contributed by atoms with Crippen LogP contribution in [-0.2, 0) is 11.3 Å². The van der Waals surface area contributed by atoms with Gasteiger partial charge in [0.25, 0.3) is 5.69 Å². The summed E-state index contributed by atoms with van der Waals surface area (Å²) in [6.07, 6.45) is 2.01. The molecule has 0 bridgehead atoms. The number of hydrogen-bond acceptors (Lipinski definition) is 5. The monoisotopic (exact) mass is 509 g/mol. The molecular weight excluding hydrogens is 481 g/mol. The summed E-state index contributed by atoms with van der Waals surface area (Å²) in [6, 6.07) is 6.26. The van der Waals surface area contributed by atoms with Crippen LogP contribution in [0.5, 0.6) is 0 Å². The molecule has 152 valence electrons. The summed E-state index contributed by atoms with van der Waals surface area (Å²) in [5.41, 5.74) is 0.606. The van der Waals surface area contributed by atoms with E-state index in [1.165, 1.54) is 12.1 Å². The molecule has 0 radical (unpaired) electrons. The van der Waals surface area contributed by atoms with Gasteiger partial charge in [-0.1, -0.05) is 12.1 Å². The Hall–Kier alpha value is -1.56. The van der Waals surface area contributed by atoms with Crippen molar-refractivity contribution in [1.82, 2.24) is 16.0 Å². The average Bonchev–Trinajstić information content (AvgIpc) is 2.55. The maximum Gasteiger partial charge on any atom is 0.269 e. The van der Waals surface area contributed by atoms with E-state index in [-0.39, 0.29) is 47.7 Å². The molecule has 0 heterocycles. The molecule has 0 aliphatic carbocycles. The summed E-state index contributed by atoms with van der Waals surface area (Å²) in [4.78, 5) is 26.6. The Morgan fingerprint density at radius 2 is 1.85 bits per heavy atom. The Kier molecular flexibility index (Phi) is 12.0. The van der Waals surface area contributed by atoms with Crippen molar-refractivity contribution in [2.45, 2.75) is 32.9 Å². The van der Waals surface area contributed by atoms with E-state index in [1.807, 2.05) is 27.0 Å². The quantitative estimate of drug-likeness (QED) is 0.124. The second kappa shape index (κ2) is 12.8. The minimum atomic E-state index is -0.433. The number of thioether (sulfide) groups is 1. The van der Waals surface area contributed by atoms with E-state index in [0.29, 0.717) is 19.0 Å². The molecule has 1 aromatic rings. The third kappa shape index (κ3) is 11.7. The summed E-state index contributed by atoms with van der Waals surface area (Å²) in [5.74, 6) is 1.32. The molecule has 0 aliphatic heterocycles. The first-order chi connectivity index (χ1) is 12.2. The molecule has 1 amide bonds. The molecule has 0 saturated heterocycles. The van der Waals surface area contributed by atoms with Crippen LogP contribution in [0.1, 0.15) is 26.3 Å². The maximum atomic E-state index is 11.9. The molecule has 1 aromatic carbocycles. The predicted octanol–water partition coefficient (Wildman–Crippen LogP) is 2.53. The largest absolute Gasteiger partial charge is 0.356 e. The second-order valence-corrected chi connectivity index (χ2v) is 7.65. The number of rotatable bonds is 8. The first-order valence-corrected chi connectivity index (χ1v) is 9.66. The van der Waals surface area contributed by atoms with Crippen molar-refractivity contribution < 1.29 is 9.72 Å². The maximum absolute atomic E-state index is 11.9. The van der Waals surface area contributed by atoms with E-state index in [9.17, 15) is 14.9 Å². The molecule has 10 heteroatoms. The van der Waals surface area contributed by atoms with Crippen LogP contribution in [-0.4, -0.2) is 47.4 Å². The number of carbonyl (C=O) groups is 1. The lowest BCUT2D eigenvalue weighted by molar-refractivity contribution is -0.384. The standard InChI is InChI=1S/C17H27N5O3S.HI/c1-17(2,3)21-15(23)12-20-16(18-9-10-26-4)19-11-13-5-7-14(8-6-13)22(24)25;/h5-8H,9-12H2,1-4H3,(H,21,23)(H2,18,19,20);1H. The summed E-state index contributed by atoms with van der Waals surface area (Å²) in [7, 11) is 0. The molecule has 0 aromatic heterocycles. The number of nitrogens with zero attached hydrogens (tertiary/aromatic N) is 2. The third-order valence-corrected chi connectivity index (χ3v) is 3.71. The van der Waals surface area contributed by atoms with Gasteiger partial charge in [0.1, 0.15) is 0 Å². The van der Waals surface area contributed by atoms with Crippen LogP contribution in [0, 0.1) is 10.1 Å². The molecule has 0 spiro atoms. The number of amides is 1. The minimum absolute atomic E-state index is 0. The van der Waals surface area contributed by atoms with E-state index in [4.69, 9.17) is 0 Å². The van der Waals surface area contributed by atoms with E-state index >= 15 is 0 Å². The number of nitrogens with one attached hydrogen (secondary N) is 3. The molecule has 3 N–H and O–H groups in total. The molecule has 27 heavy (non-hydrogen) atoms. The number of guanidine groups is 1. The van der Waals surface area contributed by atoms with Crippen molar-refractivity contribution in [3.05, 3.63) is 39.9 Å². The Balaban J connectivity index is 0.00000676. The Bertz CT molecular complexity index is 632. The lowest BCUT2D eigenvalue weighted by atomic mass is 10.1. The summed E-state index contributed by atoms with van der Waals surface area (Å²) < 4.78 is 0. The lowest BCUT2D eigenvalue weighted by Crippen LogP contribution is -2.48. The van der Waals surface area contributed by atoms with Gasteiger partial charge in [0.15, 0.2) is 5.96 Å². The highest BCUT2D eigenvalue weighted by molar-refractivity contribution is 14.0. The zero-order chi connectivity index (χ0) is 19.6. The van der Waals surface area contributed by atoms with Crippen LogP contribution in [0.4, 0.5) is 5.69 Å². The Morgan fingerprint density at radius 1 is 1.22 bits per heavy atom. The van der Waals surface area contributed by atoms with E-state index < -0.39 is 4.92 Å². The van der Waals surface area contributed by atoms with Gasteiger partial charge in [-0.15, -0.1) is 24.0 Å². The van der Waals surface area contributed by atoms with Gasteiger partial charge >= 0.3 is 0 Å². The number of non-ortho nitro benzene ring substituents is 1. The van der Waals surface area contributed by atoms with E-state index in [2.05, 4.69) is 20.9 Å². The fourth-order valence-electron chi connectivity index (χ4n) is 1.97. The van der Waals surface area contributed by atoms with Crippen LogP contribution < -0.4 is 16.0 Å². The summed E-state index contributed by atoms with van der Waals surface area (Å²) in [5, 5.41) is 19.8. The highest BCUT2D eigenvalue weighted by Gasteiger charge is 2.13. The first-order valence-electron chi connectivity index (χ1n) is 8.27. The Morgan fingerprint density at radius 3 is 2.37 bits per heavy atom. The topological polar surface area (TPSA) is 109 Å². The number of carbonyl (C=O) groups excluding carboxylic acids is 1. The fourth-order valence-corrected chi connectivity index (χ4v) is 2.27. The van der Waals surface area contributed by atoms with Crippen LogP contribution in [0.2, 0.25) is 0 Å². The number of aliphatic imine (C=N–C) groups is 1. The number of nitro groups is 1. The van der Waals surface area contributed by atoms with Crippen LogP contribution in [0.3, 0.4) is 0 Å². The van der Waals surface area contributed by atoms with Crippen molar-refractivity contribution in [3.8, 4) is 0 Å². The molecule has 0 unspecified atom stereocenters. The molecular formula is C17H28IN5O3S. The smallest absolute Gasteiger partial charge is 0.269 e. The average molecular weight is 509 g/mol. The van der Waals surface area contributed by atoms with Gasteiger partial charge in [0, 0.05) is 30.0 Å². The summed E-state index contributed by atoms with van der Waals surface area (Å²) in [6.45, 7) is 6.95. The van der Waals surface area contributed by atoms with Gasteiger partial charge in [0.05, 0.1) is 18.0 Å². The second-order valence-electron chi connectivity index (χ2n) is 6.66. The normalized spacial score (nSPS) is 11.3. The SMILES string of the molecule is CSCCNC(=NCc1ccc([N+](=O)[O-])cc1)NCC(=O)NC(C)(C)C.I. The lowest BCUT2D eigenvalue weighted by Gasteiger charge is -2.21. The van der Waals surface area contributed by atoms with Gasteiger partial charge in [-0.25, -0.2) is 4.99 Å². The highest BCUT2D eigenvalue weighted by Crippen LogP contribution is 2.12. The van der Waals surface area contributed by atoms with Crippen LogP contribution in [0.15, 0.2) is 29.3 Å². The van der Waals surface area contributed by atoms with Crippen LogP contribution in [0.25, 0.3) is 0 Å². The number of benzene rings is 1. The van der Waals surface area contributed by atoms with Gasteiger partial charge in [-0.3, -0.25) is 14.9 Å². The number of halogens is 1. The first kappa shape index (κ1) is 25.4. The molecule has 0 aliphatic rings. The minimum Gasteiger partial charge on any atom is -0.356 e. The van der Waals surface area contributed by atoms with Crippen molar-refractivity contribution in [2.24, 2.45) is 4.99 Å². The molecule has 0 fully saturated rings. The third-order valence-electron chi connectivity index (χ3n) is 3.10. The summed E-state index contributed by atoms with van der Waals surface area (Å²) >= 11 is 1.71. The zero-order valence-electron chi connectivity index (χ0n) is 16.1. The number of hydrogen-bond donors (Lipinski definition) is 3. The molecule has 0 saturated carbocycles. The van der Waals surface area contributed by atoms with Gasteiger partial charge in [-0.2, -0.15) is 11.8 Å². The van der Waals surface area contributed by atoms with E-state index in [0.717, 1.165) is 11.3 Å². The van der Waals surface area contributed by atoms with Crippen molar-refractivity contribution >= 4 is 53.3 Å². The molecule has 1 rings (SSSR count).